The van der Waals surface area contributed by atoms with E-state index in [4.69, 9.17) is 0 Å². The zero-order valence-corrected chi connectivity index (χ0v) is 12.1. The summed E-state index contributed by atoms with van der Waals surface area (Å²) >= 11 is 0. The van der Waals surface area contributed by atoms with Crippen LogP contribution in [0.1, 0.15) is 54.4 Å². The first-order valence-electron chi connectivity index (χ1n) is 7.78. The number of nitrogens with zero attached hydrogens (tertiary/aromatic N) is 1. The number of aromatic carboxylic acids is 1. The SMILES string of the molecule is Cc1cccc(C(=O)O)c1N1CCCC1C1CCCC1. The fourth-order valence-electron chi connectivity index (χ4n) is 4.12. The molecule has 0 radical (unpaired) electrons. The summed E-state index contributed by atoms with van der Waals surface area (Å²) in [5.74, 6) is -0.0421. The molecule has 1 aromatic rings. The van der Waals surface area contributed by atoms with Crippen molar-refractivity contribution < 1.29 is 9.90 Å². The molecule has 3 heteroatoms. The van der Waals surface area contributed by atoms with E-state index in [9.17, 15) is 9.90 Å². The highest BCUT2D eigenvalue weighted by atomic mass is 16.4. The minimum absolute atomic E-state index is 0.467. The molecule has 0 bridgehead atoms. The highest BCUT2D eigenvalue weighted by Gasteiger charge is 2.35. The summed E-state index contributed by atoms with van der Waals surface area (Å²) in [5, 5.41) is 9.48. The minimum atomic E-state index is -0.805. The molecule has 3 rings (SSSR count). The average Bonchev–Trinajstić information content (AvgIpc) is 3.08. The number of rotatable bonds is 3. The summed E-state index contributed by atoms with van der Waals surface area (Å²) in [6, 6.07) is 6.18. The Bertz CT molecular complexity index is 506. The summed E-state index contributed by atoms with van der Waals surface area (Å²) in [6.07, 6.45) is 7.72. The Labute approximate surface area is 120 Å². The molecule has 1 unspecified atom stereocenters. The number of hydrogen-bond acceptors (Lipinski definition) is 2. The van der Waals surface area contributed by atoms with Gasteiger partial charge in [0.25, 0.3) is 0 Å². The lowest BCUT2D eigenvalue weighted by Gasteiger charge is -2.33. The largest absolute Gasteiger partial charge is 0.478 e. The molecule has 108 valence electrons. The summed E-state index contributed by atoms with van der Waals surface area (Å²) in [4.78, 5) is 13.9. The van der Waals surface area contributed by atoms with Crippen molar-refractivity contribution in [3.8, 4) is 0 Å². The highest BCUT2D eigenvalue weighted by Crippen LogP contribution is 2.39. The number of hydrogen-bond donors (Lipinski definition) is 1. The van der Waals surface area contributed by atoms with Crippen LogP contribution in [0, 0.1) is 12.8 Å². The van der Waals surface area contributed by atoms with E-state index in [2.05, 4.69) is 4.90 Å². The molecular weight excluding hydrogens is 250 g/mol. The Balaban J connectivity index is 1.96. The molecular formula is C17H23NO2. The molecule has 1 saturated heterocycles. The molecule has 20 heavy (non-hydrogen) atoms. The number of carboxylic acid groups (broad SMARTS) is 1. The van der Waals surface area contributed by atoms with Gasteiger partial charge in [0.15, 0.2) is 0 Å². The summed E-state index contributed by atoms with van der Waals surface area (Å²) in [7, 11) is 0. The predicted octanol–water partition coefficient (Wildman–Crippen LogP) is 3.85. The lowest BCUT2D eigenvalue weighted by molar-refractivity contribution is 0.0697. The Morgan fingerprint density at radius 1 is 1.20 bits per heavy atom. The first-order chi connectivity index (χ1) is 9.68. The third kappa shape index (κ3) is 2.30. The zero-order valence-electron chi connectivity index (χ0n) is 12.1. The Morgan fingerprint density at radius 3 is 2.65 bits per heavy atom. The van der Waals surface area contributed by atoms with Crippen LogP contribution in [-0.4, -0.2) is 23.7 Å². The number of benzene rings is 1. The van der Waals surface area contributed by atoms with Gasteiger partial charge in [-0.15, -0.1) is 0 Å². The van der Waals surface area contributed by atoms with E-state index < -0.39 is 5.97 Å². The maximum absolute atomic E-state index is 11.5. The molecule has 1 atom stereocenters. The van der Waals surface area contributed by atoms with Gasteiger partial charge < -0.3 is 10.0 Å². The predicted molar refractivity (Wildman–Crippen MR) is 80.5 cm³/mol. The van der Waals surface area contributed by atoms with Crippen LogP contribution >= 0.6 is 0 Å². The van der Waals surface area contributed by atoms with Gasteiger partial charge in [0.2, 0.25) is 0 Å². The summed E-state index contributed by atoms with van der Waals surface area (Å²) < 4.78 is 0. The topological polar surface area (TPSA) is 40.5 Å². The van der Waals surface area contributed by atoms with Crippen LogP contribution in [0.4, 0.5) is 5.69 Å². The van der Waals surface area contributed by atoms with E-state index in [0.29, 0.717) is 11.6 Å². The van der Waals surface area contributed by atoms with Gasteiger partial charge in [-0.05, 0) is 50.2 Å². The number of carboxylic acids is 1. The average molecular weight is 273 g/mol. The molecule has 2 aliphatic rings. The van der Waals surface area contributed by atoms with Gasteiger partial charge >= 0.3 is 5.97 Å². The zero-order chi connectivity index (χ0) is 14.1. The van der Waals surface area contributed by atoms with E-state index in [1.807, 2.05) is 19.1 Å². The monoisotopic (exact) mass is 273 g/mol. The van der Waals surface area contributed by atoms with Gasteiger partial charge in [0, 0.05) is 12.6 Å². The molecule has 1 saturated carbocycles. The van der Waals surface area contributed by atoms with Crippen molar-refractivity contribution in [3.63, 3.8) is 0 Å². The molecule has 2 fully saturated rings. The van der Waals surface area contributed by atoms with Crippen LogP contribution in [0.3, 0.4) is 0 Å². The maximum atomic E-state index is 11.5. The second kappa shape index (κ2) is 5.47. The Kier molecular flexibility index (Phi) is 3.68. The van der Waals surface area contributed by atoms with Crippen LogP contribution in [0.15, 0.2) is 18.2 Å². The lowest BCUT2D eigenvalue weighted by Crippen LogP contribution is -2.36. The first-order valence-corrected chi connectivity index (χ1v) is 7.78. The quantitative estimate of drug-likeness (QED) is 0.909. The maximum Gasteiger partial charge on any atom is 0.337 e. The van der Waals surface area contributed by atoms with Crippen molar-refractivity contribution in [2.24, 2.45) is 5.92 Å². The molecule has 1 aliphatic heterocycles. The number of anilines is 1. The van der Waals surface area contributed by atoms with Crippen LogP contribution in [0.2, 0.25) is 0 Å². The number of carbonyl (C=O) groups is 1. The molecule has 1 aliphatic carbocycles. The number of para-hydroxylation sites is 1. The third-order valence-electron chi connectivity index (χ3n) is 5.00. The van der Waals surface area contributed by atoms with E-state index in [-0.39, 0.29) is 0 Å². The Hall–Kier alpha value is -1.51. The van der Waals surface area contributed by atoms with Crippen LogP contribution in [-0.2, 0) is 0 Å². The summed E-state index contributed by atoms with van der Waals surface area (Å²) in [6.45, 7) is 3.04. The van der Waals surface area contributed by atoms with Crippen molar-refractivity contribution in [1.82, 2.24) is 0 Å². The van der Waals surface area contributed by atoms with E-state index in [1.165, 1.54) is 38.5 Å². The van der Waals surface area contributed by atoms with E-state index in [1.54, 1.807) is 6.07 Å². The molecule has 1 N–H and O–H groups in total. The van der Waals surface area contributed by atoms with Gasteiger partial charge in [-0.2, -0.15) is 0 Å². The standard InChI is InChI=1S/C17H23NO2/c1-12-6-4-9-14(17(19)20)16(12)18-11-5-10-15(18)13-7-2-3-8-13/h4,6,9,13,15H,2-3,5,7-8,10-11H2,1H3,(H,19,20). The van der Waals surface area contributed by atoms with Crippen molar-refractivity contribution in [3.05, 3.63) is 29.3 Å². The van der Waals surface area contributed by atoms with E-state index >= 15 is 0 Å². The molecule has 0 aromatic heterocycles. The molecule has 1 heterocycles. The van der Waals surface area contributed by atoms with Crippen molar-refractivity contribution in [2.75, 3.05) is 11.4 Å². The highest BCUT2D eigenvalue weighted by molar-refractivity contribution is 5.95. The van der Waals surface area contributed by atoms with Crippen LogP contribution in [0.5, 0.6) is 0 Å². The van der Waals surface area contributed by atoms with Gasteiger partial charge in [-0.3, -0.25) is 0 Å². The van der Waals surface area contributed by atoms with Crippen molar-refractivity contribution >= 4 is 11.7 Å². The minimum Gasteiger partial charge on any atom is -0.478 e. The second-order valence-electron chi connectivity index (χ2n) is 6.22. The van der Waals surface area contributed by atoms with Crippen LogP contribution in [0.25, 0.3) is 0 Å². The fourth-order valence-corrected chi connectivity index (χ4v) is 4.12. The smallest absolute Gasteiger partial charge is 0.337 e. The van der Waals surface area contributed by atoms with Gasteiger partial charge in [-0.25, -0.2) is 4.79 Å². The van der Waals surface area contributed by atoms with Gasteiger partial charge in [0.1, 0.15) is 0 Å². The van der Waals surface area contributed by atoms with Crippen molar-refractivity contribution in [1.29, 1.82) is 0 Å². The second-order valence-corrected chi connectivity index (χ2v) is 6.22. The molecule has 0 spiro atoms. The lowest BCUT2D eigenvalue weighted by atomic mass is 9.94. The first kappa shape index (κ1) is 13.5. The van der Waals surface area contributed by atoms with E-state index in [0.717, 1.165) is 23.7 Å². The fraction of sp³-hybridized carbons (Fsp3) is 0.588. The van der Waals surface area contributed by atoms with Crippen molar-refractivity contribution in [2.45, 2.75) is 51.5 Å². The van der Waals surface area contributed by atoms with Gasteiger partial charge in [-0.1, -0.05) is 25.0 Å². The summed E-state index contributed by atoms with van der Waals surface area (Å²) in [5.41, 5.74) is 2.53. The number of aryl methyl sites for hydroxylation is 1. The Morgan fingerprint density at radius 2 is 1.95 bits per heavy atom. The molecule has 3 nitrogen and oxygen atoms in total. The molecule has 0 amide bonds. The van der Waals surface area contributed by atoms with Gasteiger partial charge in [0.05, 0.1) is 11.3 Å². The molecule has 1 aromatic carbocycles. The normalized spacial score (nSPS) is 23.4. The third-order valence-corrected chi connectivity index (χ3v) is 5.00. The van der Waals surface area contributed by atoms with Crippen LogP contribution < -0.4 is 4.90 Å².